The van der Waals surface area contributed by atoms with Gasteiger partial charge in [-0.25, -0.2) is 9.97 Å². The van der Waals surface area contributed by atoms with Crippen LogP contribution in [-0.2, 0) is 11.3 Å². The molecule has 0 fully saturated rings. The molecule has 0 amide bonds. The van der Waals surface area contributed by atoms with Crippen molar-refractivity contribution >= 4 is 11.6 Å². The zero-order valence-electron chi connectivity index (χ0n) is 8.97. The lowest BCUT2D eigenvalue weighted by molar-refractivity contribution is 0.178. The number of hydrogen-bond donors (Lipinski definition) is 2. The van der Waals surface area contributed by atoms with E-state index in [0.29, 0.717) is 30.6 Å². The van der Waals surface area contributed by atoms with Gasteiger partial charge in [-0.1, -0.05) is 0 Å². The summed E-state index contributed by atoms with van der Waals surface area (Å²) in [6.07, 6.45) is 0. The van der Waals surface area contributed by atoms with E-state index < -0.39 is 0 Å². The van der Waals surface area contributed by atoms with Crippen LogP contribution in [0.1, 0.15) is 5.82 Å². The number of nitrogens with two attached hydrogens (primary N) is 1. The Bertz CT molecular complexity index is 319. The van der Waals surface area contributed by atoms with Crippen LogP contribution in [0.15, 0.2) is 6.07 Å². The maximum Gasteiger partial charge on any atom is 0.158 e. The lowest BCUT2D eigenvalue weighted by atomic mass is 10.4. The summed E-state index contributed by atoms with van der Waals surface area (Å²) in [6.45, 7) is 0.897. The van der Waals surface area contributed by atoms with Gasteiger partial charge < -0.3 is 20.5 Å². The van der Waals surface area contributed by atoms with Crippen LogP contribution in [0.3, 0.4) is 0 Å². The maximum atomic E-state index is 8.80. The average Bonchev–Trinajstić information content (AvgIpc) is 2.17. The molecule has 6 nitrogen and oxygen atoms in total. The summed E-state index contributed by atoms with van der Waals surface area (Å²) in [4.78, 5) is 10.1. The highest BCUT2D eigenvalue weighted by Crippen LogP contribution is 2.12. The first-order valence-electron chi connectivity index (χ1n) is 4.61. The molecule has 0 aliphatic rings. The molecule has 0 atom stereocenters. The van der Waals surface area contributed by atoms with Gasteiger partial charge in [-0.15, -0.1) is 0 Å². The molecule has 0 unspecified atom stereocenters. The summed E-state index contributed by atoms with van der Waals surface area (Å²) >= 11 is 0. The van der Waals surface area contributed by atoms with Crippen molar-refractivity contribution < 1.29 is 9.84 Å². The Labute approximate surface area is 88.7 Å². The fraction of sp³-hybridized carbons (Fsp3) is 0.556. The number of aromatic nitrogens is 2. The Morgan fingerprint density at radius 2 is 2.27 bits per heavy atom. The molecule has 15 heavy (non-hydrogen) atoms. The number of nitrogens with zero attached hydrogens (tertiary/aromatic N) is 3. The Balaban J connectivity index is 2.87. The molecule has 1 heterocycles. The molecule has 1 rings (SSSR count). The molecule has 0 aliphatic carbocycles. The van der Waals surface area contributed by atoms with E-state index in [1.165, 1.54) is 0 Å². The smallest absolute Gasteiger partial charge is 0.158 e. The van der Waals surface area contributed by atoms with Crippen LogP contribution in [0.5, 0.6) is 0 Å². The monoisotopic (exact) mass is 212 g/mol. The summed E-state index contributed by atoms with van der Waals surface area (Å²) in [5, 5.41) is 8.80. The minimum atomic E-state index is 0.0695. The number of likely N-dealkylation sites (N-methyl/N-ethyl adjacent to an activating group) is 1. The van der Waals surface area contributed by atoms with E-state index >= 15 is 0 Å². The second-order valence-corrected chi connectivity index (χ2v) is 3.15. The average molecular weight is 212 g/mol. The molecule has 1 aromatic heterocycles. The number of aliphatic hydroxyl groups is 1. The van der Waals surface area contributed by atoms with Crippen molar-refractivity contribution in [2.24, 2.45) is 0 Å². The molecule has 0 saturated carbocycles. The number of hydrogen-bond acceptors (Lipinski definition) is 6. The van der Waals surface area contributed by atoms with Gasteiger partial charge in [0.15, 0.2) is 5.82 Å². The first-order chi connectivity index (χ1) is 7.17. The molecule has 0 saturated heterocycles. The molecule has 84 valence electrons. The highest BCUT2D eigenvalue weighted by atomic mass is 16.5. The fourth-order valence-corrected chi connectivity index (χ4v) is 1.16. The van der Waals surface area contributed by atoms with Gasteiger partial charge in [0, 0.05) is 26.8 Å². The van der Waals surface area contributed by atoms with Crippen LogP contribution in [0, 0.1) is 0 Å². The number of methoxy groups -OCH3 is 1. The van der Waals surface area contributed by atoms with Crippen molar-refractivity contribution in [2.75, 3.05) is 37.9 Å². The molecule has 0 bridgehead atoms. The largest absolute Gasteiger partial charge is 0.395 e. The predicted octanol–water partition coefficient (Wildman–Crippen LogP) is -0.366. The third kappa shape index (κ3) is 3.34. The first kappa shape index (κ1) is 11.7. The highest BCUT2D eigenvalue weighted by molar-refractivity contribution is 5.46. The summed E-state index contributed by atoms with van der Waals surface area (Å²) in [7, 11) is 3.40. The SMILES string of the molecule is COCc1nc(N)cc(N(C)CCO)n1. The first-order valence-corrected chi connectivity index (χ1v) is 4.61. The Kier molecular flexibility index (Phi) is 4.26. The topological polar surface area (TPSA) is 84.5 Å². The Morgan fingerprint density at radius 1 is 1.53 bits per heavy atom. The quantitative estimate of drug-likeness (QED) is 0.693. The Hall–Kier alpha value is -1.40. The van der Waals surface area contributed by atoms with E-state index in [1.807, 2.05) is 7.05 Å². The van der Waals surface area contributed by atoms with Crippen LogP contribution in [0.2, 0.25) is 0 Å². The second-order valence-electron chi connectivity index (χ2n) is 3.15. The summed E-state index contributed by atoms with van der Waals surface area (Å²) < 4.78 is 4.93. The van der Waals surface area contributed by atoms with E-state index in [1.54, 1.807) is 18.1 Å². The van der Waals surface area contributed by atoms with Gasteiger partial charge >= 0.3 is 0 Å². The van der Waals surface area contributed by atoms with Crippen LogP contribution in [0.4, 0.5) is 11.6 Å². The van der Waals surface area contributed by atoms with Gasteiger partial charge in [0.25, 0.3) is 0 Å². The van der Waals surface area contributed by atoms with Crippen LogP contribution in [-0.4, -0.2) is 42.4 Å². The predicted molar refractivity (Wildman–Crippen MR) is 57.5 cm³/mol. The van der Waals surface area contributed by atoms with Crippen molar-refractivity contribution in [1.82, 2.24) is 9.97 Å². The third-order valence-corrected chi connectivity index (χ3v) is 1.88. The lowest BCUT2D eigenvalue weighted by Gasteiger charge is -2.17. The van der Waals surface area contributed by atoms with Crippen molar-refractivity contribution in [3.8, 4) is 0 Å². The number of aliphatic hydroxyl groups excluding tert-OH is 1. The molecule has 0 aromatic carbocycles. The summed E-state index contributed by atoms with van der Waals surface area (Å²) in [5.74, 6) is 1.62. The minimum Gasteiger partial charge on any atom is -0.395 e. The second kappa shape index (κ2) is 5.47. The lowest BCUT2D eigenvalue weighted by Crippen LogP contribution is -2.23. The highest BCUT2D eigenvalue weighted by Gasteiger charge is 2.06. The summed E-state index contributed by atoms with van der Waals surface area (Å²) in [5.41, 5.74) is 5.63. The molecule has 0 radical (unpaired) electrons. The van der Waals surface area contributed by atoms with Gasteiger partial charge in [0.05, 0.1) is 6.61 Å². The molecule has 3 N–H and O–H groups in total. The van der Waals surface area contributed by atoms with Crippen LogP contribution >= 0.6 is 0 Å². The third-order valence-electron chi connectivity index (χ3n) is 1.88. The van der Waals surface area contributed by atoms with Crippen LogP contribution in [0.25, 0.3) is 0 Å². The molecule has 1 aromatic rings. The van der Waals surface area contributed by atoms with Crippen LogP contribution < -0.4 is 10.6 Å². The molecular formula is C9H16N4O2. The van der Waals surface area contributed by atoms with Gasteiger partial charge in [-0.05, 0) is 0 Å². The zero-order chi connectivity index (χ0) is 11.3. The molecule has 0 spiro atoms. The van der Waals surface area contributed by atoms with E-state index in [4.69, 9.17) is 15.6 Å². The molecule has 6 heteroatoms. The zero-order valence-corrected chi connectivity index (χ0v) is 8.97. The standard InChI is InChI=1S/C9H16N4O2/c1-13(3-4-14)9-5-7(10)11-8(12-9)6-15-2/h5,14H,3-4,6H2,1-2H3,(H2,10,11,12). The summed E-state index contributed by atoms with van der Waals surface area (Å²) in [6, 6.07) is 1.66. The number of anilines is 2. The normalized spacial score (nSPS) is 10.3. The van der Waals surface area contributed by atoms with E-state index in [0.717, 1.165) is 0 Å². The van der Waals surface area contributed by atoms with Crippen molar-refractivity contribution in [3.63, 3.8) is 0 Å². The molecular weight excluding hydrogens is 196 g/mol. The minimum absolute atomic E-state index is 0.0695. The number of rotatable bonds is 5. The fourth-order valence-electron chi connectivity index (χ4n) is 1.16. The van der Waals surface area contributed by atoms with Crippen molar-refractivity contribution in [1.29, 1.82) is 0 Å². The van der Waals surface area contributed by atoms with Gasteiger partial charge in [-0.3, -0.25) is 0 Å². The van der Waals surface area contributed by atoms with E-state index in [2.05, 4.69) is 9.97 Å². The Morgan fingerprint density at radius 3 is 2.87 bits per heavy atom. The molecule has 0 aliphatic heterocycles. The van der Waals surface area contributed by atoms with Gasteiger partial charge in [-0.2, -0.15) is 0 Å². The maximum absolute atomic E-state index is 8.80. The number of ether oxygens (including phenoxy) is 1. The van der Waals surface area contributed by atoms with E-state index in [-0.39, 0.29) is 6.61 Å². The number of nitrogen functional groups attached to an aromatic ring is 1. The van der Waals surface area contributed by atoms with Gasteiger partial charge in [0.1, 0.15) is 18.2 Å². The van der Waals surface area contributed by atoms with E-state index in [9.17, 15) is 0 Å². The van der Waals surface area contributed by atoms with Crippen molar-refractivity contribution in [3.05, 3.63) is 11.9 Å². The van der Waals surface area contributed by atoms with Crippen molar-refractivity contribution in [2.45, 2.75) is 6.61 Å². The van der Waals surface area contributed by atoms with Gasteiger partial charge in [0.2, 0.25) is 0 Å².